The van der Waals surface area contributed by atoms with E-state index in [1.807, 2.05) is 16.9 Å². The van der Waals surface area contributed by atoms with Gasteiger partial charge in [-0.15, -0.1) is 0 Å². The number of benzene rings is 1. The minimum Gasteiger partial charge on any atom is -0.310 e. The Bertz CT molecular complexity index is 543. The summed E-state index contributed by atoms with van der Waals surface area (Å²) in [5, 5.41) is 8.15. The van der Waals surface area contributed by atoms with Crippen LogP contribution >= 0.6 is 0 Å². The summed E-state index contributed by atoms with van der Waals surface area (Å²) in [4.78, 5) is 0. The molecule has 21 heavy (non-hydrogen) atoms. The van der Waals surface area contributed by atoms with Crippen molar-refractivity contribution in [3.8, 4) is 0 Å². The Labute approximate surface area is 127 Å². The summed E-state index contributed by atoms with van der Waals surface area (Å²) in [5.74, 6) is 0.989. The summed E-state index contributed by atoms with van der Waals surface area (Å²) in [7, 11) is 0. The molecule has 3 nitrogen and oxygen atoms in total. The Hall–Kier alpha value is -1.61. The van der Waals surface area contributed by atoms with Crippen LogP contribution in [0.25, 0.3) is 0 Å². The summed E-state index contributed by atoms with van der Waals surface area (Å²) in [6, 6.07) is 11.1. The average Bonchev–Trinajstić information content (AvgIpc) is 3.23. The van der Waals surface area contributed by atoms with E-state index in [2.05, 4.69) is 47.8 Å². The van der Waals surface area contributed by atoms with Crippen LogP contribution in [0.2, 0.25) is 0 Å². The van der Waals surface area contributed by atoms with Crippen molar-refractivity contribution < 1.29 is 0 Å². The third kappa shape index (κ3) is 4.43. The molecule has 1 N–H and O–H groups in total. The van der Waals surface area contributed by atoms with Crippen molar-refractivity contribution in [1.82, 2.24) is 15.1 Å². The van der Waals surface area contributed by atoms with E-state index < -0.39 is 0 Å². The fraction of sp³-hybridized carbons (Fsp3) is 0.500. The predicted molar refractivity (Wildman–Crippen MR) is 86.0 cm³/mol. The molecule has 1 heterocycles. The number of nitrogens with one attached hydrogen (secondary N) is 1. The molecular formula is C18H25N3. The first kappa shape index (κ1) is 14.3. The Balaban J connectivity index is 1.50. The van der Waals surface area contributed by atoms with Gasteiger partial charge >= 0.3 is 0 Å². The van der Waals surface area contributed by atoms with E-state index in [0.717, 1.165) is 19.0 Å². The van der Waals surface area contributed by atoms with Crippen LogP contribution in [-0.4, -0.2) is 15.8 Å². The van der Waals surface area contributed by atoms with Crippen LogP contribution in [0.3, 0.4) is 0 Å². The van der Waals surface area contributed by atoms with Crippen molar-refractivity contribution >= 4 is 0 Å². The Morgan fingerprint density at radius 1 is 1.24 bits per heavy atom. The molecule has 0 bridgehead atoms. The minimum absolute atomic E-state index is 0.662. The van der Waals surface area contributed by atoms with Gasteiger partial charge in [0.05, 0.1) is 12.7 Å². The van der Waals surface area contributed by atoms with Crippen LogP contribution in [0.1, 0.15) is 43.7 Å². The first-order valence-electron chi connectivity index (χ1n) is 8.12. The van der Waals surface area contributed by atoms with Crippen molar-refractivity contribution in [3.63, 3.8) is 0 Å². The molecule has 0 saturated heterocycles. The maximum atomic E-state index is 4.47. The van der Waals surface area contributed by atoms with Gasteiger partial charge in [0.15, 0.2) is 0 Å². The highest BCUT2D eigenvalue weighted by atomic mass is 15.3. The van der Waals surface area contributed by atoms with Gasteiger partial charge in [0.25, 0.3) is 0 Å². The highest BCUT2D eigenvalue weighted by Gasteiger charge is 2.24. The molecule has 1 saturated carbocycles. The molecule has 112 valence electrons. The highest BCUT2D eigenvalue weighted by Crippen LogP contribution is 2.34. The summed E-state index contributed by atoms with van der Waals surface area (Å²) >= 11 is 0. The van der Waals surface area contributed by atoms with E-state index in [1.165, 1.54) is 36.8 Å². The lowest BCUT2D eigenvalue weighted by atomic mass is 10.1. The average molecular weight is 283 g/mol. The van der Waals surface area contributed by atoms with E-state index in [1.54, 1.807) is 0 Å². The topological polar surface area (TPSA) is 29.9 Å². The van der Waals surface area contributed by atoms with Gasteiger partial charge in [-0.2, -0.15) is 5.10 Å². The van der Waals surface area contributed by atoms with E-state index in [0.29, 0.717) is 6.04 Å². The van der Waals surface area contributed by atoms with E-state index in [9.17, 15) is 0 Å². The van der Waals surface area contributed by atoms with Crippen LogP contribution in [0.4, 0.5) is 0 Å². The molecule has 1 fully saturated rings. The van der Waals surface area contributed by atoms with Gasteiger partial charge in [0.1, 0.15) is 0 Å². The minimum atomic E-state index is 0.662. The summed E-state index contributed by atoms with van der Waals surface area (Å²) in [6.45, 7) is 4.05. The van der Waals surface area contributed by atoms with E-state index in [4.69, 9.17) is 0 Å². The second kappa shape index (κ2) is 6.90. The van der Waals surface area contributed by atoms with Crippen LogP contribution in [0, 0.1) is 5.92 Å². The van der Waals surface area contributed by atoms with Gasteiger partial charge in [-0.25, -0.2) is 0 Å². The van der Waals surface area contributed by atoms with Crippen molar-refractivity contribution in [2.75, 3.05) is 0 Å². The maximum absolute atomic E-state index is 4.47. The van der Waals surface area contributed by atoms with Crippen LogP contribution in [0.15, 0.2) is 42.7 Å². The zero-order valence-electron chi connectivity index (χ0n) is 12.8. The molecule has 1 aromatic heterocycles. The first-order chi connectivity index (χ1) is 10.3. The second-order valence-electron chi connectivity index (χ2n) is 6.20. The van der Waals surface area contributed by atoms with E-state index in [-0.39, 0.29) is 0 Å². The Morgan fingerprint density at radius 3 is 2.76 bits per heavy atom. The third-order valence-electron chi connectivity index (χ3n) is 4.28. The van der Waals surface area contributed by atoms with Crippen LogP contribution in [-0.2, 0) is 13.1 Å². The molecule has 0 amide bonds. The Morgan fingerprint density at radius 2 is 2.05 bits per heavy atom. The number of aromatic nitrogens is 2. The molecule has 0 spiro atoms. The van der Waals surface area contributed by atoms with Crippen molar-refractivity contribution in [2.45, 2.75) is 51.7 Å². The summed E-state index contributed by atoms with van der Waals surface area (Å²) < 4.78 is 2.02. The largest absolute Gasteiger partial charge is 0.310 e. The molecule has 0 radical (unpaired) electrons. The number of hydrogen-bond donors (Lipinski definition) is 1. The fourth-order valence-electron chi connectivity index (χ4n) is 2.77. The normalized spacial score (nSPS) is 16.0. The van der Waals surface area contributed by atoms with Crippen molar-refractivity contribution in [3.05, 3.63) is 53.9 Å². The first-order valence-corrected chi connectivity index (χ1v) is 8.12. The quantitative estimate of drug-likeness (QED) is 0.802. The second-order valence-corrected chi connectivity index (χ2v) is 6.20. The molecule has 0 aliphatic heterocycles. The molecular weight excluding hydrogens is 258 g/mol. The molecule has 1 aliphatic carbocycles. The lowest BCUT2D eigenvalue weighted by Crippen LogP contribution is -2.28. The molecule has 2 aromatic rings. The Kier molecular flexibility index (Phi) is 4.71. The number of rotatable bonds is 8. The summed E-state index contributed by atoms with van der Waals surface area (Å²) in [5.41, 5.74) is 2.57. The molecule has 1 atom stereocenters. The van der Waals surface area contributed by atoms with Crippen LogP contribution < -0.4 is 5.32 Å². The molecule has 3 rings (SSSR count). The molecule has 1 aromatic carbocycles. The SMILES string of the molecule is CCC(CC1CC1)NCc1cnn(Cc2ccccc2)c1. The number of hydrogen-bond acceptors (Lipinski definition) is 2. The molecule has 1 unspecified atom stereocenters. The van der Waals surface area contributed by atoms with Gasteiger partial charge in [-0.3, -0.25) is 4.68 Å². The van der Waals surface area contributed by atoms with Crippen LogP contribution in [0.5, 0.6) is 0 Å². The molecule has 1 aliphatic rings. The predicted octanol–water partition coefficient (Wildman–Crippen LogP) is 3.60. The monoisotopic (exact) mass is 283 g/mol. The lowest BCUT2D eigenvalue weighted by molar-refractivity contribution is 0.445. The third-order valence-corrected chi connectivity index (χ3v) is 4.28. The van der Waals surface area contributed by atoms with Gasteiger partial charge < -0.3 is 5.32 Å². The zero-order valence-corrected chi connectivity index (χ0v) is 12.8. The van der Waals surface area contributed by atoms with Gasteiger partial charge in [-0.05, 0) is 24.3 Å². The van der Waals surface area contributed by atoms with Gasteiger partial charge in [0, 0.05) is 24.3 Å². The van der Waals surface area contributed by atoms with Crippen molar-refractivity contribution in [2.24, 2.45) is 5.92 Å². The van der Waals surface area contributed by atoms with Gasteiger partial charge in [-0.1, -0.05) is 50.1 Å². The van der Waals surface area contributed by atoms with Gasteiger partial charge in [0.2, 0.25) is 0 Å². The molecule has 3 heteroatoms. The standard InChI is InChI=1S/C18H25N3/c1-2-18(10-15-8-9-15)19-11-17-12-20-21(14-17)13-16-6-4-3-5-7-16/h3-7,12,14-15,18-19H,2,8-11,13H2,1H3. The smallest absolute Gasteiger partial charge is 0.0659 e. The highest BCUT2D eigenvalue weighted by molar-refractivity contribution is 5.15. The maximum Gasteiger partial charge on any atom is 0.0659 e. The fourth-order valence-corrected chi connectivity index (χ4v) is 2.77. The van der Waals surface area contributed by atoms with E-state index >= 15 is 0 Å². The zero-order chi connectivity index (χ0) is 14.5. The lowest BCUT2D eigenvalue weighted by Gasteiger charge is -2.15. The summed E-state index contributed by atoms with van der Waals surface area (Å²) in [6.07, 6.45) is 9.58. The number of nitrogens with zero attached hydrogens (tertiary/aromatic N) is 2. The van der Waals surface area contributed by atoms with Crippen molar-refractivity contribution in [1.29, 1.82) is 0 Å².